The molecule has 29 heavy (non-hydrogen) atoms. The van der Waals surface area contributed by atoms with E-state index >= 15 is 0 Å². The van der Waals surface area contributed by atoms with E-state index in [1.807, 2.05) is 18.2 Å². The van der Waals surface area contributed by atoms with E-state index in [-0.39, 0.29) is 12.0 Å². The average Bonchev–Trinajstić information content (AvgIpc) is 3.44. The molecule has 9 heteroatoms. The van der Waals surface area contributed by atoms with Crippen molar-refractivity contribution in [3.8, 4) is 11.5 Å². The van der Waals surface area contributed by atoms with Gasteiger partial charge in [-0.25, -0.2) is 0 Å². The minimum absolute atomic E-state index is 0.0385. The van der Waals surface area contributed by atoms with Gasteiger partial charge in [0.1, 0.15) is 11.3 Å². The maximum absolute atomic E-state index is 5.89. The maximum Gasteiger partial charge on any atom is 0.259 e. The Kier molecular flexibility index (Phi) is 5.42. The van der Waals surface area contributed by atoms with E-state index in [4.69, 9.17) is 13.8 Å². The van der Waals surface area contributed by atoms with Gasteiger partial charge in [0, 0.05) is 32.3 Å². The van der Waals surface area contributed by atoms with Crippen LogP contribution >= 0.6 is 0 Å². The van der Waals surface area contributed by atoms with Crippen LogP contribution in [0.3, 0.4) is 0 Å². The molecular weight excluding hydrogens is 372 g/mol. The van der Waals surface area contributed by atoms with Crippen molar-refractivity contribution >= 4 is 0 Å². The van der Waals surface area contributed by atoms with Crippen LogP contribution in [-0.2, 0) is 10.3 Å². The summed E-state index contributed by atoms with van der Waals surface area (Å²) in [6, 6.07) is 5.64. The molecule has 0 N–H and O–H groups in total. The molecule has 4 heterocycles. The summed E-state index contributed by atoms with van der Waals surface area (Å²) in [5, 5.41) is 8.18. The van der Waals surface area contributed by atoms with Crippen LogP contribution in [0.5, 0.6) is 0 Å². The third-order valence-corrected chi connectivity index (χ3v) is 5.59. The van der Waals surface area contributed by atoms with Gasteiger partial charge in [-0.05, 0) is 31.9 Å². The number of nitrogens with zero attached hydrogens (tertiary/aromatic N) is 6. The first kappa shape index (κ1) is 19.7. The Hall–Kier alpha value is -2.65. The van der Waals surface area contributed by atoms with Gasteiger partial charge < -0.3 is 13.8 Å². The van der Waals surface area contributed by atoms with Crippen molar-refractivity contribution < 1.29 is 13.8 Å². The highest BCUT2D eigenvalue weighted by Gasteiger charge is 2.43. The summed E-state index contributed by atoms with van der Waals surface area (Å²) in [5.74, 6) is 2.60. The number of aromatic nitrogens is 5. The Bertz CT molecular complexity index is 931. The average molecular weight is 398 g/mol. The van der Waals surface area contributed by atoms with Crippen LogP contribution in [0, 0.1) is 0 Å². The molecular formula is C20H26N6O3. The number of piperidine rings is 1. The number of hydrogen-bond acceptors (Lipinski definition) is 9. The zero-order chi connectivity index (χ0) is 20.4. The molecule has 1 fully saturated rings. The first-order valence-electron chi connectivity index (χ1n) is 9.91. The molecule has 0 bridgehead atoms. The zero-order valence-corrected chi connectivity index (χ0v) is 17.2. The van der Waals surface area contributed by atoms with Crippen LogP contribution in [0.25, 0.3) is 11.5 Å². The van der Waals surface area contributed by atoms with Gasteiger partial charge in [-0.3, -0.25) is 9.88 Å². The summed E-state index contributed by atoms with van der Waals surface area (Å²) in [6.45, 7) is 7.77. The highest BCUT2D eigenvalue weighted by molar-refractivity contribution is 5.47. The molecule has 3 aromatic rings. The fourth-order valence-corrected chi connectivity index (χ4v) is 3.59. The summed E-state index contributed by atoms with van der Waals surface area (Å²) >= 11 is 0. The van der Waals surface area contributed by atoms with Crippen LogP contribution in [0.1, 0.15) is 63.2 Å². The molecule has 0 spiro atoms. The van der Waals surface area contributed by atoms with Gasteiger partial charge in [-0.1, -0.05) is 30.2 Å². The minimum Gasteiger partial charge on any atom is -0.368 e. The summed E-state index contributed by atoms with van der Waals surface area (Å²) in [4.78, 5) is 15.7. The van der Waals surface area contributed by atoms with Gasteiger partial charge in [-0.15, -0.1) is 0 Å². The molecule has 0 unspecified atom stereocenters. The van der Waals surface area contributed by atoms with E-state index in [1.54, 1.807) is 13.3 Å². The third-order valence-electron chi connectivity index (χ3n) is 5.59. The lowest BCUT2D eigenvalue weighted by Crippen LogP contribution is -2.44. The van der Waals surface area contributed by atoms with Crippen molar-refractivity contribution in [1.29, 1.82) is 0 Å². The molecule has 0 saturated carbocycles. The van der Waals surface area contributed by atoms with E-state index in [0.717, 1.165) is 31.8 Å². The fraction of sp³-hybridized carbons (Fsp3) is 0.550. The van der Waals surface area contributed by atoms with Crippen LogP contribution in [-0.4, -0.2) is 50.4 Å². The lowest BCUT2D eigenvalue weighted by Gasteiger charge is -2.39. The van der Waals surface area contributed by atoms with Crippen molar-refractivity contribution in [2.24, 2.45) is 0 Å². The SMILES string of the molecule is COC1(c2nc(-c3ccccn3)no2)CCN([C@H](C)c2nc(C(C)C)no2)CC1. The molecule has 1 aliphatic rings. The quantitative estimate of drug-likeness (QED) is 0.618. The monoisotopic (exact) mass is 398 g/mol. The number of methoxy groups -OCH3 is 1. The fourth-order valence-electron chi connectivity index (χ4n) is 3.59. The van der Waals surface area contributed by atoms with E-state index in [0.29, 0.717) is 23.3 Å². The number of hydrogen-bond donors (Lipinski definition) is 0. The standard InChI is InChI=1S/C20H26N6O3/c1-13(2)16-22-18(28-24-16)14(3)26-11-8-20(27-4,9-12-26)19-23-17(25-29-19)15-7-5-6-10-21-15/h5-7,10,13-14H,8-9,11-12H2,1-4H3/t14-/m1/s1. The summed E-state index contributed by atoms with van der Waals surface area (Å²) in [6.07, 6.45) is 3.16. The number of likely N-dealkylation sites (tertiary alicyclic amines) is 1. The van der Waals surface area contributed by atoms with Gasteiger partial charge in [-0.2, -0.15) is 9.97 Å². The summed E-state index contributed by atoms with van der Waals surface area (Å²) < 4.78 is 16.9. The van der Waals surface area contributed by atoms with Gasteiger partial charge in [0.05, 0.1) is 6.04 Å². The second-order valence-electron chi connectivity index (χ2n) is 7.69. The molecule has 0 amide bonds. The van der Waals surface area contributed by atoms with Crippen molar-refractivity contribution in [2.75, 3.05) is 20.2 Å². The second kappa shape index (κ2) is 8.00. The van der Waals surface area contributed by atoms with E-state index in [9.17, 15) is 0 Å². The van der Waals surface area contributed by atoms with Crippen molar-refractivity contribution in [3.05, 3.63) is 42.0 Å². The van der Waals surface area contributed by atoms with Gasteiger partial charge in [0.15, 0.2) is 5.82 Å². The molecule has 1 aliphatic heterocycles. The zero-order valence-electron chi connectivity index (χ0n) is 17.2. The Morgan fingerprint density at radius 3 is 2.48 bits per heavy atom. The minimum atomic E-state index is -0.603. The lowest BCUT2D eigenvalue weighted by molar-refractivity contribution is -0.0891. The van der Waals surface area contributed by atoms with Crippen LogP contribution < -0.4 is 0 Å². The smallest absolute Gasteiger partial charge is 0.259 e. The van der Waals surface area contributed by atoms with Gasteiger partial charge in [0.2, 0.25) is 11.7 Å². The largest absolute Gasteiger partial charge is 0.368 e. The first-order chi connectivity index (χ1) is 14.0. The Labute approximate surface area is 169 Å². The summed E-state index contributed by atoms with van der Waals surface area (Å²) in [7, 11) is 1.69. The molecule has 0 aliphatic carbocycles. The summed E-state index contributed by atoms with van der Waals surface area (Å²) in [5.41, 5.74) is 0.0749. The molecule has 1 atom stereocenters. The molecule has 4 rings (SSSR count). The Morgan fingerprint density at radius 2 is 1.86 bits per heavy atom. The molecule has 154 valence electrons. The molecule has 1 saturated heterocycles. The first-order valence-corrected chi connectivity index (χ1v) is 9.91. The third kappa shape index (κ3) is 3.79. The van der Waals surface area contributed by atoms with Crippen molar-refractivity contribution in [3.63, 3.8) is 0 Å². The molecule has 9 nitrogen and oxygen atoms in total. The van der Waals surface area contributed by atoms with E-state index in [1.165, 1.54) is 0 Å². The maximum atomic E-state index is 5.89. The van der Waals surface area contributed by atoms with E-state index < -0.39 is 5.60 Å². The van der Waals surface area contributed by atoms with E-state index in [2.05, 4.69) is 50.9 Å². The normalized spacial score (nSPS) is 18.2. The van der Waals surface area contributed by atoms with Gasteiger partial charge >= 0.3 is 0 Å². The van der Waals surface area contributed by atoms with Crippen LogP contribution in [0.15, 0.2) is 33.4 Å². The Balaban J connectivity index is 1.47. The number of pyridine rings is 1. The number of ether oxygens (including phenoxy) is 1. The predicted octanol–water partition coefficient (Wildman–Crippen LogP) is 3.34. The van der Waals surface area contributed by atoms with Gasteiger partial charge in [0.25, 0.3) is 5.89 Å². The predicted molar refractivity (Wildman–Crippen MR) is 104 cm³/mol. The molecule has 0 aromatic carbocycles. The van der Waals surface area contributed by atoms with Crippen molar-refractivity contribution in [1.82, 2.24) is 30.2 Å². The highest BCUT2D eigenvalue weighted by atomic mass is 16.5. The second-order valence-corrected chi connectivity index (χ2v) is 7.69. The highest BCUT2D eigenvalue weighted by Crippen LogP contribution is 2.38. The van der Waals surface area contributed by atoms with Crippen LogP contribution in [0.4, 0.5) is 0 Å². The Morgan fingerprint density at radius 1 is 1.07 bits per heavy atom. The van der Waals surface area contributed by atoms with Crippen molar-refractivity contribution in [2.45, 2.75) is 51.2 Å². The lowest BCUT2D eigenvalue weighted by atomic mass is 9.90. The number of rotatable bonds is 6. The molecule has 0 radical (unpaired) electrons. The topological polar surface area (TPSA) is 103 Å². The molecule has 3 aromatic heterocycles. The van der Waals surface area contributed by atoms with Crippen LogP contribution in [0.2, 0.25) is 0 Å².